The van der Waals surface area contributed by atoms with Crippen molar-refractivity contribution < 1.29 is 4.74 Å². The molecule has 1 atom stereocenters. The maximum Gasteiger partial charge on any atom is 0.150 e. The highest BCUT2D eigenvalue weighted by molar-refractivity contribution is 5.58. The van der Waals surface area contributed by atoms with E-state index in [9.17, 15) is 0 Å². The summed E-state index contributed by atoms with van der Waals surface area (Å²) in [6, 6.07) is 18.0. The van der Waals surface area contributed by atoms with Crippen molar-refractivity contribution in [1.29, 1.82) is 0 Å². The van der Waals surface area contributed by atoms with E-state index in [0.717, 1.165) is 30.0 Å². The minimum atomic E-state index is 0.146. The van der Waals surface area contributed by atoms with Crippen molar-refractivity contribution >= 4 is 5.69 Å². The second-order valence-electron chi connectivity index (χ2n) is 5.79. The summed E-state index contributed by atoms with van der Waals surface area (Å²) < 4.78 is 6.00. The molecule has 126 valence electrons. The third-order valence-electron chi connectivity index (χ3n) is 3.78. The first-order valence-corrected chi connectivity index (χ1v) is 8.90. The van der Waals surface area contributed by atoms with E-state index < -0.39 is 0 Å². The Labute approximate surface area is 146 Å². The Morgan fingerprint density at radius 2 is 1.71 bits per heavy atom. The molecule has 2 nitrogen and oxygen atoms in total. The average Bonchev–Trinajstić information content (AvgIpc) is 2.63. The highest BCUT2D eigenvalue weighted by Gasteiger charge is 2.08. The highest BCUT2D eigenvalue weighted by atomic mass is 16.5. The number of para-hydroxylation sites is 3. The van der Waals surface area contributed by atoms with Gasteiger partial charge in [0.1, 0.15) is 5.75 Å². The molecular formula is C22H27NO. The maximum atomic E-state index is 6.00. The van der Waals surface area contributed by atoms with Crippen LogP contribution < -0.4 is 10.1 Å². The number of nitrogens with one attached hydrogen (secondary N) is 1. The lowest BCUT2D eigenvalue weighted by Gasteiger charge is -2.16. The van der Waals surface area contributed by atoms with Crippen molar-refractivity contribution in [3.8, 4) is 23.3 Å². The normalized spacial score (nSPS) is 11.2. The van der Waals surface area contributed by atoms with Gasteiger partial charge < -0.3 is 10.1 Å². The number of benzene rings is 2. The van der Waals surface area contributed by atoms with Gasteiger partial charge in [-0.3, -0.25) is 0 Å². The van der Waals surface area contributed by atoms with Gasteiger partial charge in [-0.15, -0.1) is 5.92 Å². The van der Waals surface area contributed by atoms with Gasteiger partial charge >= 0.3 is 0 Å². The van der Waals surface area contributed by atoms with Gasteiger partial charge in [0.25, 0.3) is 0 Å². The molecule has 0 aromatic heterocycles. The third-order valence-corrected chi connectivity index (χ3v) is 3.78. The first-order valence-electron chi connectivity index (χ1n) is 8.90. The molecule has 0 fully saturated rings. The van der Waals surface area contributed by atoms with Crippen LogP contribution in [0, 0.1) is 11.8 Å². The largest absolute Gasteiger partial charge is 0.455 e. The summed E-state index contributed by atoms with van der Waals surface area (Å²) >= 11 is 0. The number of anilines is 1. The molecule has 2 aromatic carbocycles. The van der Waals surface area contributed by atoms with Crippen molar-refractivity contribution in [3.05, 3.63) is 54.6 Å². The summed E-state index contributed by atoms with van der Waals surface area (Å²) in [6.07, 6.45) is 5.62. The summed E-state index contributed by atoms with van der Waals surface area (Å²) in [7, 11) is 0. The van der Waals surface area contributed by atoms with Gasteiger partial charge in [-0.1, -0.05) is 62.9 Å². The number of hydrogen-bond donors (Lipinski definition) is 1. The van der Waals surface area contributed by atoms with E-state index in [4.69, 9.17) is 4.74 Å². The zero-order chi connectivity index (χ0) is 17.0. The molecule has 0 spiro atoms. The average molecular weight is 321 g/mol. The fourth-order valence-electron chi connectivity index (χ4n) is 2.38. The zero-order valence-electron chi connectivity index (χ0n) is 14.7. The molecule has 0 bridgehead atoms. The Kier molecular flexibility index (Phi) is 7.77. The molecule has 0 aliphatic heterocycles. The standard InChI is InChI=1S/C22H27NO/c1-3-5-6-7-9-14-19(4-2)23-21-17-12-13-18-22(21)24-20-15-10-8-11-16-20/h8,10-13,15-19,23H,3-7H2,1-2H3/t19-/m0/s1. The molecular weight excluding hydrogens is 294 g/mol. The first-order chi connectivity index (χ1) is 11.8. The van der Waals surface area contributed by atoms with Crippen LogP contribution in [0.1, 0.15) is 46.0 Å². The van der Waals surface area contributed by atoms with Crippen LogP contribution in [0.3, 0.4) is 0 Å². The van der Waals surface area contributed by atoms with Crippen LogP contribution in [0.5, 0.6) is 11.5 Å². The molecule has 0 radical (unpaired) electrons. The molecule has 2 rings (SSSR count). The topological polar surface area (TPSA) is 21.3 Å². The molecule has 1 N–H and O–H groups in total. The SMILES string of the molecule is CCCCCC#C[C@H](CC)Nc1ccccc1Oc1ccccc1. The number of unbranched alkanes of at least 4 members (excludes halogenated alkanes) is 3. The maximum absolute atomic E-state index is 6.00. The van der Waals surface area contributed by atoms with Crippen LogP contribution >= 0.6 is 0 Å². The molecule has 0 saturated carbocycles. The Morgan fingerprint density at radius 1 is 0.958 bits per heavy atom. The lowest BCUT2D eigenvalue weighted by molar-refractivity contribution is 0.484. The molecule has 0 amide bonds. The lowest BCUT2D eigenvalue weighted by atomic mass is 10.1. The van der Waals surface area contributed by atoms with Crippen molar-refractivity contribution in [2.45, 2.75) is 52.0 Å². The summed E-state index contributed by atoms with van der Waals surface area (Å²) in [6.45, 7) is 4.37. The summed E-state index contributed by atoms with van der Waals surface area (Å²) in [5.41, 5.74) is 0.982. The van der Waals surface area contributed by atoms with Crippen LogP contribution in [-0.2, 0) is 0 Å². The second-order valence-corrected chi connectivity index (χ2v) is 5.79. The fraction of sp³-hybridized carbons (Fsp3) is 0.364. The third kappa shape index (κ3) is 6.01. The van der Waals surface area contributed by atoms with E-state index in [0.29, 0.717) is 0 Å². The van der Waals surface area contributed by atoms with Gasteiger partial charge in [0, 0.05) is 6.42 Å². The predicted molar refractivity (Wildman–Crippen MR) is 103 cm³/mol. The summed E-state index contributed by atoms with van der Waals surface area (Å²) in [5, 5.41) is 3.51. The Balaban J connectivity index is 2.02. The highest BCUT2D eigenvalue weighted by Crippen LogP contribution is 2.29. The van der Waals surface area contributed by atoms with Crippen LogP contribution in [0.2, 0.25) is 0 Å². The van der Waals surface area contributed by atoms with Gasteiger partial charge in [-0.25, -0.2) is 0 Å². The van der Waals surface area contributed by atoms with Crippen LogP contribution in [0.15, 0.2) is 54.6 Å². The van der Waals surface area contributed by atoms with E-state index in [-0.39, 0.29) is 6.04 Å². The Hall–Kier alpha value is -2.40. The predicted octanol–water partition coefficient (Wildman–Crippen LogP) is 6.25. The number of ether oxygens (including phenoxy) is 1. The fourth-order valence-corrected chi connectivity index (χ4v) is 2.38. The molecule has 0 unspecified atom stereocenters. The molecule has 2 heteroatoms. The molecule has 0 aliphatic carbocycles. The minimum absolute atomic E-state index is 0.146. The molecule has 0 saturated heterocycles. The number of rotatable bonds is 8. The summed E-state index contributed by atoms with van der Waals surface area (Å²) in [4.78, 5) is 0. The van der Waals surface area contributed by atoms with Gasteiger partial charge in [0.2, 0.25) is 0 Å². The van der Waals surface area contributed by atoms with Crippen molar-refractivity contribution in [1.82, 2.24) is 0 Å². The molecule has 0 aliphatic rings. The lowest BCUT2D eigenvalue weighted by Crippen LogP contribution is -2.16. The molecule has 24 heavy (non-hydrogen) atoms. The van der Waals surface area contributed by atoms with Crippen molar-refractivity contribution in [2.75, 3.05) is 5.32 Å². The van der Waals surface area contributed by atoms with Gasteiger partial charge in [-0.05, 0) is 37.1 Å². The van der Waals surface area contributed by atoms with Gasteiger partial charge in [0.05, 0.1) is 11.7 Å². The van der Waals surface area contributed by atoms with E-state index in [1.165, 1.54) is 19.3 Å². The second kappa shape index (κ2) is 10.4. The smallest absolute Gasteiger partial charge is 0.150 e. The number of hydrogen-bond acceptors (Lipinski definition) is 2. The van der Waals surface area contributed by atoms with Crippen molar-refractivity contribution in [2.24, 2.45) is 0 Å². The monoisotopic (exact) mass is 321 g/mol. The zero-order valence-corrected chi connectivity index (χ0v) is 14.7. The molecule has 2 aromatic rings. The van der Waals surface area contributed by atoms with Crippen LogP contribution in [0.4, 0.5) is 5.69 Å². The van der Waals surface area contributed by atoms with Crippen LogP contribution in [-0.4, -0.2) is 6.04 Å². The summed E-state index contributed by atoms with van der Waals surface area (Å²) in [5.74, 6) is 8.33. The Morgan fingerprint density at radius 3 is 2.46 bits per heavy atom. The Bertz CT molecular complexity index is 654. The quantitative estimate of drug-likeness (QED) is 0.458. The van der Waals surface area contributed by atoms with Gasteiger partial charge in [-0.2, -0.15) is 0 Å². The minimum Gasteiger partial charge on any atom is -0.455 e. The molecule has 0 heterocycles. The van der Waals surface area contributed by atoms with E-state index >= 15 is 0 Å². The van der Waals surface area contributed by atoms with Crippen molar-refractivity contribution in [3.63, 3.8) is 0 Å². The van der Waals surface area contributed by atoms with Gasteiger partial charge in [0.15, 0.2) is 5.75 Å². The van der Waals surface area contributed by atoms with E-state index in [2.05, 4.69) is 31.0 Å². The van der Waals surface area contributed by atoms with Crippen LogP contribution in [0.25, 0.3) is 0 Å². The first kappa shape index (κ1) is 17.9. The van der Waals surface area contributed by atoms with E-state index in [1.807, 2.05) is 54.6 Å². The van der Waals surface area contributed by atoms with E-state index in [1.54, 1.807) is 0 Å².